The van der Waals surface area contributed by atoms with E-state index in [9.17, 15) is 9.59 Å². The molecule has 0 bridgehead atoms. The zero-order valence-electron chi connectivity index (χ0n) is 5.38. The van der Waals surface area contributed by atoms with Gasteiger partial charge < -0.3 is 0 Å². The van der Waals surface area contributed by atoms with E-state index in [-0.39, 0.29) is 26.6 Å². The Labute approximate surface area is 80.3 Å². The third kappa shape index (κ3) is 0.888. The van der Waals surface area contributed by atoms with E-state index in [2.05, 4.69) is 31.9 Å². The normalized spacial score (nSPS) is 38.7. The number of allylic oxidation sites excluding steroid dienone is 2. The summed E-state index contributed by atoms with van der Waals surface area (Å²) in [4.78, 5) is 22.0. The molecule has 0 radical (unpaired) electrons. The Hall–Kier alpha value is 0.0400. The Kier molecular flexibility index (Phi) is 1.43. The summed E-state index contributed by atoms with van der Waals surface area (Å²) in [5, 5.41) is 0. The summed E-state index contributed by atoms with van der Waals surface area (Å²) < 4.78 is -0.334. The van der Waals surface area contributed by atoms with Gasteiger partial charge in [0.1, 0.15) is 0 Å². The molecule has 2 aliphatic rings. The van der Waals surface area contributed by atoms with Crippen LogP contribution in [0.25, 0.3) is 0 Å². The lowest BCUT2D eigenvalue weighted by Gasteiger charge is -1.95. The Bertz CT molecular complexity index is 280. The van der Waals surface area contributed by atoms with E-state index in [1.165, 1.54) is 6.08 Å². The molecule has 0 saturated heterocycles. The highest BCUT2D eigenvalue weighted by molar-refractivity contribution is 9.25. The largest absolute Gasteiger partial charge is 0.290 e. The number of hydrogen-bond donors (Lipinski definition) is 0. The monoisotopic (exact) mass is 278 g/mol. The first-order valence-electron chi connectivity index (χ1n) is 3.19. The van der Waals surface area contributed by atoms with Crippen LogP contribution in [0.5, 0.6) is 0 Å². The molecule has 0 aliphatic heterocycles. The van der Waals surface area contributed by atoms with E-state index >= 15 is 0 Å². The maximum Gasteiger partial charge on any atom is 0.221 e. The van der Waals surface area contributed by atoms with Crippen LogP contribution in [0.3, 0.4) is 0 Å². The molecule has 2 nitrogen and oxygen atoms in total. The number of carbonyl (C=O) groups excluding carboxylic acids is 2. The standard InChI is InChI=1S/C7H4Br2O2/c8-7(9)3-1-2-4(10)6(11)5(3)7/h1-3,5H/t3-,5-/m0/s1. The minimum atomic E-state index is -0.382. The third-order valence-electron chi connectivity index (χ3n) is 2.09. The van der Waals surface area contributed by atoms with E-state index in [1.807, 2.05) is 0 Å². The van der Waals surface area contributed by atoms with Crippen LogP contribution in [-0.2, 0) is 9.59 Å². The molecular formula is C7H4Br2O2. The average Bonchev–Trinajstić information content (AvgIpc) is 2.46. The van der Waals surface area contributed by atoms with Crippen molar-refractivity contribution in [3.8, 4) is 0 Å². The average molecular weight is 280 g/mol. The quantitative estimate of drug-likeness (QED) is 0.497. The van der Waals surface area contributed by atoms with Crippen molar-refractivity contribution in [1.82, 2.24) is 0 Å². The lowest BCUT2D eigenvalue weighted by molar-refractivity contribution is -0.135. The van der Waals surface area contributed by atoms with Gasteiger partial charge in [0.05, 0.1) is 9.15 Å². The van der Waals surface area contributed by atoms with Crippen molar-refractivity contribution >= 4 is 43.4 Å². The molecule has 0 N–H and O–H groups in total. The molecular weight excluding hydrogens is 276 g/mol. The van der Waals surface area contributed by atoms with Crippen LogP contribution in [0.1, 0.15) is 0 Å². The van der Waals surface area contributed by atoms with Crippen molar-refractivity contribution in [3.05, 3.63) is 12.2 Å². The number of hydrogen-bond acceptors (Lipinski definition) is 2. The molecule has 1 saturated carbocycles. The predicted octanol–water partition coefficient (Wildman–Crippen LogP) is 1.43. The van der Waals surface area contributed by atoms with Gasteiger partial charge >= 0.3 is 0 Å². The number of halogens is 2. The first-order valence-corrected chi connectivity index (χ1v) is 4.78. The summed E-state index contributed by atoms with van der Waals surface area (Å²) in [5.41, 5.74) is 0. The highest BCUT2D eigenvalue weighted by Crippen LogP contribution is 2.64. The van der Waals surface area contributed by atoms with E-state index in [0.29, 0.717) is 0 Å². The summed E-state index contributed by atoms with van der Waals surface area (Å²) in [7, 11) is 0. The molecule has 2 aliphatic carbocycles. The van der Waals surface area contributed by atoms with Crippen LogP contribution in [-0.4, -0.2) is 14.8 Å². The maximum absolute atomic E-state index is 11.1. The summed E-state index contributed by atoms with van der Waals surface area (Å²) in [6, 6.07) is 0. The van der Waals surface area contributed by atoms with Gasteiger partial charge in [0, 0.05) is 5.92 Å². The summed E-state index contributed by atoms with van der Waals surface area (Å²) in [6.07, 6.45) is 3.13. The summed E-state index contributed by atoms with van der Waals surface area (Å²) >= 11 is 6.68. The number of alkyl halides is 2. The van der Waals surface area contributed by atoms with Crippen molar-refractivity contribution in [1.29, 1.82) is 0 Å². The zero-order valence-corrected chi connectivity index (χ0v) is 8.55. The SMILES string of the molecule is O=C1C=C[C@H]2[C@@H](C1=O)C2(Br)Br. The fourth-order valence-electron chi connectivity index (χ4n) is 1.35. The van der Waals surface area contributed by atoms with Crippen molar-refractivity contribution in [2.45, 2.75) is 3.23 Å². The molecule has 2 rings (SSSR count). The smallest absolute Gasteiger partial charge is 0.221 e. The van der Waals surface area contributed by atoms with E-state index < -0.39 is 0 Å². The Balaban J connectivity index is 2.37. The molecule has 0 aromatic rings. The van der Waals surface area contributed by atoms with Crippen molar-refractivity contribution in [2.24, 2.45) is 11.8 Å². The van der Waals surface area contributed by atoms with E-state index in [1.54, 1.807) is 6.08 Å². The second-order valence-corrected chi connectivity index (χ2v) is 6.45. The number of ketones is 2. The van der Waals surface area contributed by atoms with Crippen LogP contribution in [0, 0.1) is 11.8 Å². The molecule has 0 aromatic carbocycles. The molecule has 1 fully saturated rings. The number of rotatable bonds is 0. The Morgan fingerprint density at radius 3 is 2.55 bits per heavy atom. The Morgan fingerprint density at radius 2 is 2.00 bits per heavy atom. The van der Waals surface area contributed by atoms with Gasteiger partial charge in [-0.3, -0.25) is 9.59 Å². The van der Waals surface area contributed by atoms with Crippen LogP contribution in [0.15, 0.2) is 12.2 Å². The zero-order chi connectivity index (χ0) is 8.22. The first-order chi connectivity index (χ1) is 5.05. The van der Waals surface area contributed by atoms with Gasteiger partial charge in [-0.05, 0) is 6.08 Å². The second-order valence-electron chi connectivity index (χ2n) is 2.77. The highest BCUT2D eigenvalue weighted by Gasteiger charge is 2.66. The molecule has 0 heterocycles. The lowest BCUT2D eigenvalue weighted by atomic mass is 10.1. The lowest BCUT2D eigenvalue weighted by Crippen LogP contribution is -2.18. The fraction of sp³-hybridized carbons (Fsp3) is 0.429. The summed E-state index contributed by atoms with van der Waals surface area (Å²) in [6.45, 7) is 0. The van der Waals surface area contributed by atoms with Crippen LogP contribution < -0.4 is 0 Å². The van der Waals surface area contributed by atoms with E-state index in [4.69, 9.17) is 0 Å². The van der Waals surface area contributed by atoms with Crippen LogP contribution in [0.4, 0.5) is 0 Å². The van der Waals surface area contributed by atoms with Gasteiger partial charge in [-0.15, -0.1) is 0 Å². The molecule has 58 valence electrons. The molecule has 0 unspecified atom stereocenters. The van der Waals surface area contributed by atoms with E-state index in [0.717, 1.165) is 0 Å². The molecule has 0 aromatic heterocycles. The Morgan fingerprint density at radius 1 is 1.36 bits per heavy atom. The predicted molar refractivity (Wildman–Crippen MR) is 46.7 cm³/mol. The second kappa shape index (κ2) is 2.04. The highest BCUT2D eigenvalue weighted by atomic mass is 79.9. The van der Waals surface area contributed by atoms with Gasteiger partial charge in [0.25, 0.3) is 0 Å². The van der Waals surface area contributed by atoms with Gasteiger partial charge in [0.2, 0.25) is 11.6 Å². The minimum Gasteiger partial charge on any atom is -0.290 e. The van der Waals surface area contributed by atoms with Gasteiger partial charge in [-0.2, -0.15) is 0 Å². The molecule has 0 amide bonds. The maximum atomic E-state index is 11.1. The first kappa shape index (κ1) is 7.68. The van der Waals surface area contributed by atoms with Crippen LogP contribution >= 0.6 is 31.9 Å². The third-order valence-corrected chi connectivity index (χ3v) is 4.13. The molecule has 2 atom stereocenters. The molecule has 0 spiro atoms. The number of carbonyl (C=O) groups is 2. The summed E-state index contributed by atoms with van der Waals surface area (Å²) in [5.74, 6) is -0.689. The van der Waals surface area contributed by atoms with Crippen molar-refractivity contribution < 1.29 is 9.59 Å². The molecule has 11 heavy (non-hydrogen) atoms. The van der Waals surface area contributed by atoms with Crippen LogP contribution in [0.2, 0.25) is 0 Å². The topological polar surface area (TPSA) is 34.1 Å². The van der Waals surface area contributed by atoms with Crippen molar-refractivity contribution in [3.63, 3.8) is 0 Å². The van der Waals surface area contributed by atoms with Gasteiger partial charge in [-0.1, -0.05) is 37.9 Å². The minimum absolute atomic E-state index is 0.160. The van der Waals surface area contributed by atoms with Gasteiger partial charge in [0.15, 0.2) is 0 Å². The number of Topliss-reactive ketones (excluding diaryl/α,β-unsaturated/α-hetero) is 1. The van der Waals surface area contributed by atoms with Crippen molar-refractivity contribution in [2.75, 3.05) is 0 Å². The van der Waals surface area contributed by atoms with Gasteiger partial charge in [-0.25, -0.2) is 0 Å². The number of fused-ring (bicyclic) bond motifs is 1. The molecule has 4 heteroatoms. The fourth-order valence-corrected chi connectivity index (χ4v) is 2.91.